The number of hydrogen-bond acceptors (Lipinski definition) is 7. The molecule has 260 valence electrons. The van der Waals surface area contributed by atoms with Gasteiger partial charge in [0.05, 0.1) is 31.3 Å². The summed E-state index contributed by atoms with van der Waals surface area (Å²) in [6.07, 6.45) is 2.05. The highest BCUT2D eigenvalue weighted by Crippen LogP contribution is 2.39. The zero-order valence-corrected chi connectivity index (χ0v) is 27.9. The van der Waals surface area contributed by atoms with Crippen LogP contribution >= 0.6 is 0 Å². The SMILES string of the molecule is COC[C@@H]1CCCC[C@H]1n1cnc(C(=O)N2CCN(C(=O)OC(C)(C)C)C[C@H]2CCOc2ncccc2C(F)(F)F)c1-c1ccccc1. The zero-order valence-electron chi connectivity index (χ0n) is 27.9. The third-order valence-electron chi connectivity index (χ3n) is 8.81. The lowest BCUT2D eigenvalue weighted by Crippen LogP contribution is -2.57. The number of benzene rings is 1. The smallest absolute Gasteiger partial charge is 0.421 e. The third kappa shape index (κ3) is 8.29. The van der Waals surface area contributed by atoms with Crippen LogP contribution in [-0.2, 0) is 15.7 Å². The second-order valence-corrected chi connectivity index (χ2v) is 13.4. The number of carbonyl (C=O) groups is 2. The molecule has 48 heavy (non-hydrogen) atoms. The van der Waals surface area contributed by atoms with Crippen LogP contribution in [0.1, 0.15) is 75.0 Å². The van der Waals surface area contributed by atoms with Crippen molar-refractivity contribution in [2.75, 3.05) is 40.0 Å². The Morgan fingerprint density at radius 3 is 2.44 bits per heavy atom. The molecule has 0 N–H and O–H groups in total. The van der Waals surface area contributed by atoms with Crippen molar-refractivity contribution in [2.45, 2.75) is 76.7 Å². The van der Waals surface area contributed by atoms with Gasteiger partial charge in [0.15, 0.2) is 5.69 Å². The molecule has 1 aliphatic heterocycles. The third-order valence-corrected chi connectivity index (χ3v) is 8.81. The summed E-state index contributed by atoms with van der Waals surface area (Å²) in [4.78, 5) is 39.3. The predicted molar refractivity (Wildman–Crippen MR) is 173 cm³/mol. The minimum Gasteiger partial charge on any atom is -0.477 e. The number of methoxy groups -OCH3 is 1. The molecule has 0 bridgehead atoms. The van der Waals surface area contributed by atoms with Crippen molar-refractivity contribution < 1.29 is 37.0 Å². The first-order valence-electron chi connectivity index (χ1n) is 16.4. The molecule has 13 heteroatoms. The summed E-state index contributed by atoms with van der Waals surface area (Å²) in [5.74, 6) is -0.598. The molecule has 2 aliphatic rings. The van der Waals surface area contributed by atoms with Crippen LogP contribution in [0.2, 0.25) is 0 Å². The first-order chi connectivity index (χ1) is 22.9. The number of carbonyl (C=O) groups excluding carboxylic acids is 2. The summed E-state index contributed by atoms with van der Waals surface area (Å²) in [7, 11) is 1.70. The Kier molecular flexibility index (Phi) is 11.0. The van der Waals surface area contributed by atoms with E-state index in [-0.39, 0.29) is 56.2 Å². The molecule has 10 nitrogen and oxygen atoms in total. The van der Waals surface area contributed by atoms with Gasteiger partial charge in [-0.3, -0.25) is 4.79 Å². The van der Waals surface area contributed by atoms with Crippen LogP contribution in [0.15, 0.2) is 55.0 Å². The minimum absolute atomic E-state index is 0.0948. The maximum Gasteiger partial charge on any atom is 0.421 e. The maximum absolute atomic E-state index is 14.5. The van der Waals surface area contributed by atoms with Crippen molar-refractivity contribution in [3.8, 4) is 17.1 Å². The van der Waals surface area contributed by atoms with Gasteiger partial charge in [0.25, 0.3) is 5.91 Å². The molecule has 1 aliphatic carbocycles. The van der Waals surface area contributed by atoms with Gasteiger partial charge >= 0.3 is 12.3 Å². The van der Waals surface area contributed by atoms with Crippen molar-refractivity contribution in [3.63, 3.8) is 0 Å². The molecule has 2 amide bonds. The Balaban J connectivity index is 1.45. The van der Waals surface area contributed by atoms with E-state index < -0.39 is 35.4 Å². The largest absolute Gasteiger partial charge is 0.477 e. The van der Waals surface area contributed by atoms with Crippen LogP contribution in [0.5, 0.6) is 5.88 Å². The Morgan fingerprint density at radius 1 is 0.979 bits per heavy atom. The highest BCUT2D eigenvalue weighted by Gasteiger charge is 2.39. The van der Waals surface area contributed by atoms with Crippen LogP contribution in [0.3, 0.4) is 0 Å². The summed E-state index contributed by atoms with van der Waals surface area (Å²) in [5, 5.41) is 0. The number of rotatable bonds is 9. The number of amides is 2. The van der Waals surface area contributed by atoms with E-state index in [2.05, 4.69) is 9.55 Å². The van der Waals surface area contributed by atoms with Gasteiger partial charge < -0.3 is 28.6 Å². The fourth-order valence-corrected chi connectivity index (χ4v) is 6.62. The number of aromatic nitrogens is 3. The number of piperazine rings is 1. The van der Waals surface area contributed by atoms with Crippen molar-refractivity contribution in [1.29, 1.82) is 0 Å². The molecule has 0 spiro atoms. The van der Waals surface area contributed by atoms with Gasteiger partial charge in [-0.1, -0.05) is 43.2 Å². The molecule has 2 aromatic heterocycles. The summed E-state index contributed by atoms with van der Waals surface area (Å²) < 4.78 is 59.6. The molecule has 1 saturated carbocycles. The Labute approximate surface area is 279 Å². The zero-order chi connectivity index (χ0) is 34.5. The quantitative estimate of drug-likeness (QED) is 0.245. The van der Waals surface area contributed by atoms with E-state index >= 15 is 0 Å². The molecule has 3 heterocycles. The number of alkyl halides is 3. The average Bonchev–Trinajstić information content (AvgIpc) is 3.49. The number of halogens is 3. The molecule has 0 radical (unpaired) electrons. The summed E-state index contributed by atoms with van der Waals surface area (Å²) in [6, 6.07) is 11.3. The molecular weight excluding hydrogens is 627 g/mol. The van der Waals surface area contributed by atoms with Gasteiger partial charge in [-0.2, -0.15) is 13.2 Å². The number of hydrogen-bond donors (Lipinski definition) is 0. The molecule has 2 fully saturated rings. The van der Waals surface area contributed by atoms with Crippen molar-refractivity contribution in [1.82, 2.24) is 24.3 Å². The van der Waals surface area contributed by atoms with E-state index in [1.165, 1.54) is 17.2 Å². The number of pyridine rings is 1. The molecule has 1 saturated heterocycles. The van der Waals surface area contributed by atoms with E-state index in [9.17, 15) is 22.8 Å². The predicted octanol–water partition coefficient (Wildman–Crippen LogP) is 6.87. The minimum atomic E-state index is -4.64. The van der Waals surface area contributed by atoms with Gasteiger partial charge in [-0.25, -0.2) is 14.8 Å². The van der Waals surface area contributed by atoms with Gasteiger partial charge in [-0.05, 0) is 45.7 Å². The summed E-state index contributed by atoms with van der Waals surface area (Å²) in [5.41, 5.74) is 0.129. The molecule has 1 aromatic carbocycles. The topological polar surface area (TPSA) is 99.0 Å². The van der Waals surface area contributed by atoms with E-state index in [4.69, 9.17) is 19.2 Å². The normalized spacial score (nSPS) is 20.4. The number of imidazole rings is 1. The van der Waals surface area contributed by atoms with Crippen LogP contribution in [-0.4, -0.2) is 87.9 Å². The highest BCUT2D eigenvalue weighted by molar-refractivity contribution is 5.98. The summed E-state index contributed by atoms with van der Waals surface area (Å²) in [6.45, 7) is 6.24. The van der Waals surface area contributed by atoms with Crippen molar-refractivity contribution in [3.05, 3.63) is 66.2 Å². The Hall–Kier alpha value is -4.13. The fraction of sp³-hybridized carbons (Fsp3) is 0.543. The average molecular weight is 672 g/mol. The van der Waals surface area contributed by atoms with E-state index in [1.54, 1.807) is 39.1 Å². The highest BCUT2D eigenvalue weighted by atomic mass is 19.4. The standard InChI is InChI=1S/C35H44F3N5O5/c1-34(2,3)48-33(45)41-18-19-42(26(21-41)16-20-47-31-27(35(36,37)38)14-10-17-39-31)32(44)29-30(24-11-6-5-7-12-24)43(23-40-29)28-15-9-8-13-25(28)22-46-4/h5-7,10-12,14,17,23,25-26,28H,8-9,13,15-16,18-22H2,1-4H3/t25-,26+,28+/m0/s1. The lowest BCUT2D eigenvalue weighted by Gasteiger charge is -2.41. The van der Waals surface area contributed by atoms with Gasteiger partial charge in [0.2, 0.25) is 5.88 Å². The first-order valence-corrected chi connectivity index (χ1v) is 16.4. The van der Waals surface area contributed by atoms with Crippen molar-refractivity contribution in [2.24, 2.45) is 5.92 Å². The molecule has 3 atom stereocenters. The van der Waals surface area contributed by atoms with E-state index in [1.807, 2.05) is 30.3 Å². The second kappa shape index (κ2) is 15.0. The van der Waals surface area contributed by atoms with E-state index in [0.717, 1.165) is 37.3 Å². The van der Waals surface area contributed by atoms with Crippen LogP contribution < -0.4 is 4.74 Å². The fourth-order valence-electron chi connectivity index (χ4n) is 6.62. The lowest BCUT2D eigenvalue weighted by atomic mass is 9.84. The van der Waals surface area contributed by atoms with E-state index in [0.29, 0.717) is 12.3 Å². The molecule has 3 aromatic rings. The number of ether oxygens (including phenoxy) is 3. The maximum atomic E-state index is 14.5. The van der Waals surface area contributed by atoms with Gasteiger partial charge in [-0.15, -0.1) is 0 Å². The van der Waals surface area contributed by atoms with Crippen LogP contribution in [0, 0.1) is 5.92 Å². The monoisotopic (exact) mass is 671 g/mol. The molecular formula is C35H44F3N5O5. The molecule has 0 unspecified atom stereocenters. The Bertz CT molecular complexity index is 1540. The Morgan fingerprint density at radius 2 is 1.73 bits per heavy atom. The second-order valence-electron chi connectivity index (χ2n) is 13.4. The van der Waals surface area contributed by atoms with Crippen LogP contribution in [0.25, 0.3) is 11.3 Å². The summed E-state index contributed by atoms with van der Waals surface area (Å²) >= 11 is 0. The lowest BCUT2D eigenvalue weighted by molar-refractivity contribution is -0.139. The van der Waals surface area contributed by atoms with Gasteiger partial charge in [0.1, 0.15) is 11.2 Å². The number of nitrogens with zero attached hydrogens (tertiary/aromatic N) is 5. The van der Waals surface area contributed by atoms with Crippen LogP contribution in [0.4, 0.5) is 18.0 Å². The van der Waals surface area contributed by atoms with Gasteiger partial charge in [0, 0.05) is 56.9 Å². The van der Waals surface area contributed by atoms with Crippen molar-refractivity contribution >= 4 is 12.0 Å². The first kappa shape index (κ1) is 35.2. The molecule has 5 rings (SSSR count).